The van der Waals surface area contributed by atoms with Gasteiger partial charge in [0, 0.05) is 32.3 Å². The lowest BCUT2D eigenvalue weighted by Gasteiger charge is -2.20. The molecular weight excluding hydrogens is 452 g/mol. The summed E-state index contributed by atoms with van der Waals surface area (Å²) in [6.07, 6.45) is 6.82. The molecule has 0 radical (unpaired) electrons. The van der Waals surface area contributed by atoms with Crippen LogP contribution in [-0.2, 0) is 0 Å². The number of fused-ring (bicyclic) bond motifs is 2. The van der Waals surface area contributed by atoms with E-state index in [4.69, 9.17) is 0 Å². The SMILES string of the molecule is C=N/C=C(/CNC(=O)c1ccc2c(c1)NC(=O)c1ccccc1S2)SCN1CCCCCC1. The molecule has 0 saturated carbocycles. The van der Waals surface area contributed by atoms with Crippen LogP contribution in [0.25, 0.3) is 0 Å². The molecule has 172 valence electrons. The fourth-order valence-electron chi connectivity index (χ4n) is 3.85. The first-order chi connectivity index (χ1) is 16.1. The highest BCUT2D eigenvalue weighted by Crippen LogP contribution is 2.39. The lowest BCUT2D eigenvalue weighted by molar-refractivity contribution is 0.0956. The molecule has 0 bridgehead atoms. The van der Waals surface area contributed by atoms with E-state index in [2.05, 4.69) is 27.2 Å². The zero-order chi connectivity index (χ0) is 23.0. The van der Waals surface area contributed by atoms with Gasteiger partial charge in [-0.3, -0.25) is 19.5 Å². The third-order valence-corrected chi connectivity index (χ3v) is 7.90. The summed E-state index contributed by atoms with van der Waals surface area (Å²) in [5, 5.41) is 5.92. The molecule has 8 heteroatoms. The van der Waals surface area contributed by atoms with Gasteiger partial charge in [0.1, 0.15) is 0 Å². The lowest BCUT2D eigenvalue weighted by Crippen LogP contribution is -2.27. The van der Waals surface area contributed by atoms with Crippen LogP contribution in [-0.4, -0.2) is 48.9 Å². The van der Waals surface area contributed by atoms with Crippen molar-refractivity contribution >= 4 is 47.7 Å². The molecule has 0 aliphatic carbocycles. The number of hydrogen-bond donors (Lipinski definition) is 2. The number of thioether (sulfide) groups is 1. The summed E-state index contributed by atoms with van der Waals surface area (Å²) in [6.45, 7) is 6.20. The molecule has 1 fully saturated rings. The second kappa shape index (κ2) is 11.5. The molecule has 2 N–H and O–H groups in total. The maximum absolute atomic E-state index is 12.9. The molecule has 2 aliphatic heterocycles. The largest absolute Gasteiger partial charge is 0.347 e. The van der Waals surface area contributed by atoms with Gasteiger partial charge in [0.2, 0.25) is 0 Å². The molecule has 4 rings (SSSR count). The quantitative estimate of drug-likeness (QED) is 0.530. The van der Waals surface area contributed by atoms with Crippen molar-refractivity contribution in [2.24, 2.45) is 4.99 Å². The number of aliphatic imine (C=N–C) groups is 1. The molecule has 2 aliphatic rings. The number of nitrogens with one attached hydrogen (secondary N) is 2. The van der Waals surface area contributed by atoms with Crippen molar-refractivity contribution in [1.29, 1.82) is 0 Å². The summed E-state index contributed by atoms with van der Waals surface area (Å²) in [6, 6.07) is 12.9. The van der Waals surface area contributed by atoms with E-state index in [0.717, 1.165) is 33.7 Å². The molecule has 2 aromatic carbocycles. The van der Waals surface area contributed by atoms with Crippen LogP contribution in [0, 0.1) is 0 Å². The molecule has 6 nitrogen and oxygen atoms in total. The Kier molecular flexibility index (Phi) is 8.25. The van der Waals surface area contributed by atoms with E-state index in [-0.39, 0.29) is 11.8 Å². The Morgan fingerprint density at radius 2 is 1.94 bits per heavy atom. The summed E-state index contributed by atoms with van der Waals surface area (Å²) < 4.78 is 0. The van der Waals surface area contributed by atoms with Crippen LogP contribution in [0.2, 0.25) is 0 Å². The molecule has 2 aromatic rings. The second-order valence-electron chi connectivity index (χ2n) is 8.03. The number of carbonyl (C=O) groups excluding carboxylic acids is 2. The number of rotatable bonds is 7. The van der Waals surface area contributed by atoms with Gasteiger partial charge in [-0.15, -0.1) is 11.8 Å². The van der Waals surface area contributed by atoms with Crippen molar-refractivity contribution in [3.8, 4) is 0 Å². The van der Waals surface area contributed by atoms with E-state index in [9.17, 15) is 9.59 Å². The van der Waals surface area contributed by atoms with Gasteiger partial charge in [-0.25, -0.2) is 0 Å². The van der Waals surface area contributed by atoms with Gasteiger partial charge >= 0.3 is 0 Å². The average molecular weight is 481 g/mol. The minimum Gasteiger partial charge on any atom is -0.347 e. The molecule has 0 spiro atoms. The van der Waals surface area contributed by atoms with Crippen LogP contribution in [0.4, 0.5) is 5.69 Å². The van der Waals surface area contributed by atoms with E-state index in [1.54, 1.807) is 30.1 Å². The molecule has 1 saturated heterocycles. The van der Waals surface area contributed by atoms with E-state index < -0.39 is 0 Å². The average Bonchev–Trinajstić information content (AvgIpc) is 3.17. The minimum absolute atomic E-state index is 0.165. The Hall–Kier alpha value is -2.55. The summed E-state index contributed by atoms with van der Waals surface area (Å²) in [5.74, 6) is 0.533. The number of hydrogen-bond acceptors (Lipinski definition) is 6. The van der Waals surface area contributed by atoms with Crippen molar-refractivity contribution in [1.82, 2.24) is 10.2 Å². The zero-order valence-electron chi connectivity index (χ0n) is 18.5. The van der Waals surface area contributed by atoms with Crippen LogP contribution in [0.3, 0.4) is 0 Å². The molecule has 2 heterocycles. The number of nitrogens with zero attached hydrogens (tertiary/aromatic N) is 2. The summed E-state index contributed by atoms with van der Waals surface area (Å²) in [4.78, 5) is 34.6. The van der Waals surface area contributed by atoms with E-state index in [1.165, 1.54) is 37.4 Å². The number of amides is 2. The Bertz CT molecular complexity index is 1060. The van der Waals surface area contributed by atoms with Gasteiger partial charge in [-0.2, -0.15) is 0 Å². The molecule has 0 aromatic heterocycles. The van der Waals surface area contributed by atoms with Crippen molar-refractivity contribution in [3.05, 3.63) is 64.7 Å². The summed E-state index contributed by atoms with van der Waals surface area (Å²) >= 11 is 3.22. The Labute approximate surface area is 203 Å². The summed E-state index contributed by atoms with van der Waals surface area (Å²) in [5.41, 5.74) is 1.79. The Balaban J connectivity index is 1.38. The number of carbonyl (C=O) groups is 2. The topological polar surface area (TPSA) is 73.8 Å². The fourth-order valence-corrected chi connectivity index (χ4v) is 5.79. The van der Waals surface area contributed by atoms with Crippen molar-refractivity contribution in [2.45, 2.75) is 35.5 Å². The van der Waals surface area contributed by atoms with Gasteiger partial charge in [0.25, 0.3) is 11.8 Å². The lowest BCUT2D eigenvalue weighted by atomic mass is 10.1. The van der Waals surface area contributed by atoms with Crippen LogP contribution in [0.15, 0.2) is 68.4 Å². The van der Waals surface area contributed by atoms with Gasteiger partial charge in [0.15, 0.2) is 0 Å². The van der Waals surface area contributed by atoms with E-state index in [0.29, 0.717) is 23.4 Å². The second-order valence-corrected chi connectivity index (χ2v) is 10.2. The molecule has 0 unspecified atom stereocenters. The number of likely N-dealkylation sites (tertiary alicyclic amines) is 1. The molecular formula is C25H28N4O2S2. The first-order valence-electron chi connectivity index (χ1n) is 11.1. The normalized spacial score (nSPS) is 16.6. The maximum Gasteiger partial charge on any atom is 0.256 e. The standard InChI is InChI=1S/C25H28N4O2S2/c1-26-15-19(32-17-29-12-6-2-3-7-13-29)16-27-24(30)18-10-11-23-21(14-18)28-25(31)20-8-4-5-9-22(20)33-23/h4-5,8-11,14-15H,1-3,6-7,12-13,16-17H2,(H,27,30)(H,28,31)/b19-15-. The number of anilines is 1. The number of benzene rings is 2. The van der Waals surface area contributed by atoms with Crippen LogP contribution in [0.1, 0.15) is 46.4 Å². The first-order valence-corrected chi connectivity index (χ1v) is 12.9. The Morgan fingerprint density at radius 1 is 1.15 bits per heavy atom. The van der Waals surface area contributed by atoms with Gasteiger partial charge in [-0.05, 0) is 63.0 Å². The fraction of sp³-hybridized carbons (Fsp3) is 0.320. The van der Waals surface area contributed by atoms with Gasteiger partial charge in [0.05, 0.1) is 17.8 Å². The van der Waals surface area contributed by atoms with Crippen molar-refractivity contribution < 1.29 is 9.59 Å². The third kappa shape index (κ3) is 6.28. The van der Waals surface area contributed by atoms with Gasteiger partial charge in [-0.1, -0.05) is 36.7 Å². The zero-order valence-corrected chi connectivity index (χ0v) is 20.1. The molecule has 33 heavy (non-hydrogen) atoms. The van der Waals surface area contributed by atoms with Gasteiger partial charge < -0.3 is 10.6 Å². The molecule has 0 atom stereocenters. The van der Waals surface area contributed by atoms with Crippen molar-refractivity contribution in [3.63, 3.8) is 0 Å². The highest BCUT2D eigenvalue weighted by Gasteiger charge is 2.21. The minimum atomic E-state index is -0.191. The van der Waals surface area contributed by atoms with E-state index in [1.807, 2.05) is 30.3 Å². The highest BCUT2D eigenvalue weighted by atomic mass is 32.2. The van der Waals surface area contributed by atoms with E-state index >= 15 is 0 Å². The maximum atomic E-state index is 12.9. The first kappa shape index (κ1) is 23.6. The smallest absolute Gasteiger partial charge is 0.256 e. The Morgan fingerprint density at radius 3 is 2.73 bits per heavy atom. The summed E-state index contributed by atoms with van der Waals surface area (Å²) in [7, 11) is 0. The predicted molar refractivity (Wildman–Crippen MR) is 137 cm³/mol. The van der Waals surface area contributed by atoms with Crippen LogP contribution < -0.4 is 10.6 Å². The third-order valence-electron chi connectivity index (χ3n) is 5.63. The predicted octanol–water partition coefficient (Wildman–Crippen LogP) is 5.24. The molecule has 2 amide bonds. The van der Waals surface area contributed by atoms with Crippen LogP contribution >= 0.6 is 23.5 Å². The monoisotopic (exact) mass is 480 g/mol. The van der Waals surface area contributed by atoms with Crippen molar-refractivity contribution in [2.75, 3.05) is 30.8 Å². The van der Waals surface area contributed by atoms with Crippen LogP contribution in [0.5, 0.6) is 0 Å². The highest BCUT2D eigenvalue weighted by molar-refractivity contribution is 8.03.